The highest BCUT2D eigenvalue weighted by atomic mass is 79.9. The van der Waals surface area contributed by atoms with Crippen molar-refractivity contribution in [2.75, 3.05) is 20.8 Å². The molecule has 2 N–H and O–H groups in total. The molecule has 10 heteroatoms. The van der Waals surface area contributed by atoms with Crippen molar-refractivity contribution in [2.45, 2.75) is 57.9 Å². The van der Waals surface area contributed by atoms with Gasteiger partial charge in [0.05, 0.1) is 28.9 Å². The predicted molar refractivity (Wildman–Crippen MR) is 157 cm³/mol. The Morgan fingerprint density at radius 2 is 1.42 bits per heavy atom. The average Bonchev–Trinajstić information content (AvgIpc) is 3.58. The maximum absolute atomic E-state index is 5.31. The van der Waals surface area contributed by atoms with Crippen LogP contribution in [0.15, 0.2) is 63.4 Å². The van der Waals surface area contributed by atoms with Gasteiger partial charge >= 0.3 is 0 Å². The minimum absolute atomic E-state index is 0.816. The van der Waals surface area contributed by atoms with Crippen LogP contribution in [-0.4, -0.2) is 40.8 Å². The van der Waals surface area contributed by atoms with Crippen LogP contribution in [0.1, 0.15) is 48.9 Å². The Labute approximate surface area is 242 Å². The molecule has 0 bridgehead atoms. The summed E-state index contributed by atoms with van der Waals surface area (Å²) in [5.74, 6) is 1.71. The van der Waals surface area contributed by atoms with E-state index in [-0.39, 0.29) is 0 Å². The first-order chi connectivity index (χ1) is 18.5. The second-order valence-corrected chi connectivity index (χ2v) is 11.1. The molecule has 0 radical (unpaired) electrons. The lowest BCUT2D eigenvalue weighted by Gasteiger charge is -2.15. The third-order valence-electron chi connectivity index (χ3n) is 6.59. The molecule has 0 aliphatic carbocycles. The SMILES string of the molecule is COc1ccc(CCN2C=C(CCCCCCc3cn(CCc4ccc(OC)c(Br)c4)nn3)NN2)cc1Br. The van der Waals surface area contributed by atoms with E-state index in [2.05, 4.69) is 94.8 Å². The van der Waals surface area contributed by atoms with Crippen molar-refractivity contribution in [3.8, 4) is 11.5 Å². The van der Waals surface area contributed by atoms with Crippen LogP contribution in [0.3, 0.4) is 0 Å². The van der Waals surface area contributed by atoms with E-state index in [0.717, 1.165) is 71.3 Å². The van der Waals surface area contributed by atoms with E-state index >= 15 is 0 Å². The summed E-state index contributed by atoms with van der Waals surface area (Å²) in [7, 11) is 3.36. The maximum atomic E-state index is 5.31. The number of hydrogen-bond donors (Lipinski definition) is 2. The lowest BCUT2D eigenvalue weighted by Crippen LogP contribution is -2.37. The zero-order valence-electron chi connectivity index (χ0n) is 22.1. The number of nitrogens with zero attached hydrogens (tertiary/aromatic N) is 4. The minimum Gasteiger partial charge on any atom is -0.496 e. The smallest absolute Gasteiger partial charge is 0.133 e. The van der Waals surface area contributed by atoms with Gasteiger partial charge in [-0.15, -0.1) is 10.6 Å². The summed E-state index contributed by atoms with van der Waals surface area (Å²) >= 11 is 7.11. The van der Waals surface area contributed by atoms with Crippen LogP contribution in [-0.2, 0) is 25.8 Å². The fourth-order valence-electron chi connectivity index (χ4n) is 4.41. The molecule has 0 saturated heterocycles. The molecular formula is C28H36Br2N6O2. The topological polar surface area (TPSA) is 76.5 Å². The van der Waals surface area contributed by atoms with Crippen LogP contribution >= 0.6 is 31.9 Å². The first kappa shape index (κ1) is 28.4. The zero-order chi connectivity index (χ0) is 26.7. The van der Waals surface area contributed by atoms with Crippen molar-refractivity contribution in [3.05, 3.63) is 80.3 Å². The normalized spacial score (nSPS) is 12.9. The number of nitrogens with one attached hydrogen (secondary N) is 2. The second-order valence-electron chi connectivity index (χ2n) is 9.41. The molecular weight excluding hydrogens is 612 g/mol. The summed E-state index contributed by atoms with van der Waals surface area (Å²) in [5.41, 5.74) is 11.4. The molecule has 8 nitrogen and oxygen atoms in total. The molecule has 4 rings (SSSR count). The van der Waals surface area contributed by atoms with Crippen LogP contribution in [0.4, 0.5) is 0 Å². The van der Waals surface area contributed by atoms with Gasteiger partial charge in [0.15, 0.2) is 0 Å². The van der Waals surface area contributed by atoms with Crippen molar-refractivity contribution in [1.82, 2.24) is 31.0 Å². The van der Waals surface area contributed by atoms with Gasteiger partial charge in [-0.05, 0) is 106 Å². The van der Waals surface area contributed by atoms with Crippen LogP contribution in [0.25, 0.3) is 0 Å². The van der Waals surface area contributed by atoms with Crippen LogP contribution < -0.4 is 20.4 Å². The Morgan fingerprint density at radius 3 is 2.05 bits per heavy atom. The number of aryl methyl sites for hydroxylation is 3. The van der Waals surface area contributed by atoms with E-state index in [1.54, 1.807) is 14.2 Å². The van der Waals surface area contributed by atoms with E-state index in [0.29, 0.717) is 0 Å². The van der Waals surface area contributed by atoms with E-state index in [9.17, 15) is 0 Å². The van der Waals surface area contributed by atoms with Gasteiger partial charge in [-0.25, -0.2) is 0 Å². The highest BCUT2D eigenvalue weighted by Crippen LogP contribution is 2.26. The summed E-state index contributed by atoms with van der Waals surface area (Å²) in [6.07, 6.45) is 12.9. The largest absolute Gasteiger partial charge is 0.496 e. The van der Waals surface area contributed by atoms with Gasteiger partial charge in [-0.1, -0.05) is 30.2 Å². The Kier molecular flexibility index (Phi) is 10.9. The minimum atomic E-state index is 0.816. The molecule has 0 atom stereocenters. The highest BCUT2D eigenvalue weighted by molar-refractivity contribution is 9.10. The van der Waals surface area contributed by atoms with Crippen LogP contribution in [0.2, 0.25) is 0 Å². The average molecular weight is 648 g/mol. The lowest BCUT2D eigenvalue weighted by molar-refractivity contribution is 0.273. The third kappa shape index (κ3) is 8.47. The van der Waals surface area contributed by atoms with E-state index in [4.69, 9.17) is 9.47 Å². The third-order valence-corrected chi connectivity index (χ3v) is 7.83. The number of unbranched alkanes of at least 4 members (excludes halogenated alkanes) is 3. The molecule has 38 heavy (non-hydrogen) atoms. The van der Waals surface area contributed by atoms with Crippen molar-refractivity contribution >= 4 is 31.9 Å². The van der Waals surface area contributed by atoms with E-state index in [1.165, 1.54) is 36.1 Å². The molecule has 0 amide bonds. The highest BCUT2D eigenvalue weighted by Gasteiger charge is 2.11. The number of aromatic nitrogens is 3. The fourth-order valence-corrected chi connectivity index (χ4v) is 5.58. The first-order valence-corrected chi connectivity index (χ1v) is 14.7. The van der Waals surface area contributed by atoms with E-state index < -0.39 is 0 Å². The molecule has 0 spiro atoms. The van der Waals surface area contributed by atoms with Gasteiger partial charge in [-0.2, -0.15) is 0 Å². The maximum Gasteiger partial charge on any atom is 0.133 e. The zero-order valence-corrected chi connectivity index (χ0v) is 25.2. The Hall–Kier alpha value is -2.56. The fraction of sp³-hybridized carbons (Fsp3) is 0.429. The molecule has 1 aliphatic rings. The van der Waals surface area contributed by atoms with Gasteiger partial charge in [0, 0.05) is 31.2 Å². The number of ether oxygens (including phenoxy) is 2. The molecule has 204 valence electrons. The number of hydrazine groups is 2. The van der Waals surface area contributed by atoms with Crippen molar-refractivity contribution in [2.24, 2.45) is 0 Å². The first-order valence-electron chi connectivity index (χ1n) is 13.1. The summed E-state index contributed by atoms with van der Waals surface area (Å²) in [6, 6.07) is 12.4. The molecule has 3 aromatic rings. The standard InChI is InChI=1S/C28H36Br2N6O2/c1-37-27-11-9-21(17-25(27)29)13-15-35-19-23(31-33-35)7-5-3-4-6-8-24-20-36(34-32-24)16-14-22-10-12-28(38-2)26(30)18-22/h9-12,17-20,31,33H,3-8,13-16H2,1-2H3. The van der Waals surface area contributed by atoms with Crippen molar-refractivity contribution in [1.29, 1.82) is 0 Å². The summed E-state index contributed by atoms with van der Waals surface area (Å²) in [5, 5.41) is 10.8. The van der Waals surface area contributed by atoms with Crippen molar-refractivity contribution in [3.63, 3.8) is 0 Å². The summed E-state index contributed by atoms with van der Waals surface area (Å²) in [4.78, 5) is 0. The number of halogens is 2. The number of benzene rings is 2. The predicted octanol–water partition coefficient (Wildman–Crippen LogP) is 5.96. The monoisotopic (exact) mass is 646 g/mol. The van der Waals surface area contributed by atoms with Gasteiger partial charge in [0.25, 0.3) is 0 Å². The number of allylic oxidation sites excluding steroid dienone is 1. The van der Waals surface area contributed by atoms with Crippen LogP contribution in [0.5, 0.6) is 11.5 Å². The molecule has 0 saturated carbocycles. The summed E-state index contributed by atoms with van der Waals surface area (Å²) < 4.78 is 14.5. The molecule has 0 fully saturated rings. The second kappa shape index (κ2) is 14.6. The Balaban J connectivity index is 1.07. The Morgan fingerprint density at radius 1 is 0.789 bits per heavy atom. The molecule has 0 unspecified atom stereocenters. The molecule has 2 heterocycles. The Bertz CT molecular complexity index is 1220. The van der Waals surface area contributed by atoms with Gasteiger partial charge in [0.1, 0.15) is 11.5 Å². The van der Waals surface area contributed by atoms with Gasteiger partial charge in [0.2, 0.25) is 0 Å². The van der Waals surface area contributed by atoms with E-state index in [1.807, 2.05) is 16.8 Å². The summed E-state index contributed by atoms with van der Waals surface area (Å²) in [6.45, 7) is 1.71. The quantitative estimate of drug-likeness (QED) is 0.197. The van der Waals surface area contributed by atoms with Crippen molar-refractivity contribution < 1.29 is 9.47 Å². The van der Waals surface area contributed by atoms with Gasteiger partial charge < -0.3 is 14.9 Å². The molecule has 1 aromatic heterocycles. The van der Waals surface area contributed by atoms with Crippen LogP contribution in [0, 0.1) is 0 Å². The number of methoxy groups -OCH3 is 2. The lowest BCUT2D eigenvalue weighted by atomic mass is 10.1. The molecule has 1 aliphatic heterocycles. The van der Waals surface area contributed by atoms with Gasteiger partial charge in [-0.3, -0.25) is 9.69 Å². The molecule has 2 aromatic carbocycles. The number of rotatable bonds is 15. The number of hydrogen-bond acceptors (Lipinski definition) is 7.